The Balaban J connectivity index is 2.31. The molecule has 106 valence electrons. The molecule has 20 heavy (non-hydrogen) atoms. The van der Waals surface area contributed by atoms with Crippen LogP contribution >= 0.6 is 0 Å². The van der Waals surface area contributed by atoms with Crippen molar-refractivity contribution in [3.05, 3.63) is 53.9 Å². The molecule has 6 heteroatoms. The predicted octanol–water partition coefficient (Wildman–Crippen LogP) is 1.41. The van der Waals surface area contributed by atoms with E-state index in [0.717, 1.165) is 5.56 Å². The Kier molecular flexibility index (Phi) is 4.47. The number of nitrogens with zero attached hydrogens (tertiary/aromatic N) is 2. The molecule has 0 saturated carbocycles. The summed E-state index contributed by atoms with van der Waals surface area (Å²) in [5.74, 6) is 0.0847. The average Bonchev–Trinajstić information content (AvgIpc) is 2.84. The monoisotopic (exact) mass is 277 g/mol. The number of benzene rings is 1. The first-order chi connectivity index (χ1) is 9.61. The van der Waals surface area contributed by atoms with Crippen molar-refractivity contribution in [3.63, 3.8) is 0 Å². The highest BCUT2D eigenvalue weighted by molar-refractivity contribution is 5.78. The number of ether oxygens (including phenoxy) is 1. The number of aromatic nitrogens is 2. The molecule has 2 aromatic rings. The van der Waals surface area contributed by atoms with Crippen LogP contribution in [0.1, 0.15) is 17.4 Å². The van der Waals surface area contributed by atoms with Gasteiger partial charge in [-0.1, -0.05) is 12.1 Å². The Hall–Kier alpha value is -2.21. The maximum absolute atomic E-state index is 13.0. The molecular formula is C14H16FN3O2. The van der Waals surface area contributed by atoms with Gasteiger partial charge < -0.3 is 14.6 Å². The third kappa shape index (κ3) is 3.21. The smallest absolute Gasteiger partial charge is 0.246 e. The van der Waals surface area contributed by atoms with Crippen molar-refractivity contribution in [2.75, 3.05) is 13.7 Å². The van der Waals surface area contributed by atoms with E-state index in [-0.39, 0.29) is 18.3 Å². The average molecular weight is 277 g/mol. The zero-order valence-corrected chi connectivity index (χ0v) is 11.3. The number of rotatable bonds is 5. The van der Waals surface area contributed by atoms with Gasteiger partial charge in [-0.25, -0.2) is 9.37 Å². The third-order valence-corrected chi connectivity index (χ3v) is 2.90. The summed E-state index contributed by atoms with van der Waals surface area (Å²) in [7, 11) is 3.29. The topological polar surface area (TPSA) is 56.1 Å². The summed E-state index contributed by atoms with van der Waals surface area (Å²) in [5.41, 5.74) is 0.755. The molecule has 1 aromatic carbocycles. The van der Waals surface area contributed by atoms with E-state index >= 15 is 0 Å². The number of aryl methyl sites for hydroxylation is 1. The van der Waals surface area contributed by atoms with Crippen molar-refractivity contribution in [2.24, 2.45) is 7.05 Å². The lowest BCUT2D eigenvalue weighted by molar-refractivity contribution is -0.125. The molecule has 0 saturated heterocycles. The molecule has 0 aliphatic heterocycles. The van der Waals surface area contributed by atoms with E-state index < -0.39 is 6.04 Å². The fourth-order valence-electron chi connectivity index (χ4n) is 1.94. The number of hydrogen-bond donors (Lipinski definition) is 1. The molecule has 0 bridgehead atoms. The van der Waals surface area contributed by atoms with Crippen LogP contribution in [0.25, 0.3) is 0 Å². The molecule has 2 rings (SSSR count). The minimum atomic E-state index is -0.446. The molecule has 0 spiro atoms. The summed E-state index contributed by atoms with van der Waals surface area (Å²) >= 11 is 0. The Morgan fingerprint density at radius 1 is 1.45 bits per heavy atom. The van der Waals surface area contributed by atoms with Gasteiger partial charge in [0.15, 0.2) is 0 Å². The summed E-state index contributed by atoms with van der Waals surface area (Å²) in [6, 6.07) is 5.52. The largest absolute Gasteiger partial charge is 0.375 e. The molecule has 1 aromatic heterocycles. The number of hydrogen-bond acceptors (Lipinski definition) is 3. The Bertz CT molecular complexity index is 580. The summed E-state index contributed by atoms with van der Waals surface area (Å²) < 4.78 is 19.6. The summed E-state index contributed by atoms with van der Waals surface area (Å²) in [4.78, 5) is 16.0. The number of carbonyl (C=O) groups excluding carboxylic acids is 1. The second kappa shape index (κ2) is 6.29. The van der Waals surface area contributed by atoms with E-state index in [1.165, 1.54) is 19.2 Å². The highest BCUT2D eigenvalue weighted by Gasteiger charge is 2.20. The third-order valence-electron chi connectivity index (χ3n) is 2.90. The Morgan fingerprint density at radius 2 is 2.15 bits per heavy atom. The minimum absolute atomic E-state index is 0.0396. The highest BCUT2D eigenvalue weighted by atomic mass is 19.1. The molecule has 5 nitrogen and oxygen atoms in total. The first-order valence-electron chi connectivity index (χ1n) is 6.13. The SMILES string of the molecule is COCC(=O)NC(c1ccc(F)cc1)c1nccn1C. The number of halogens is 1. The van der Waals surface area contributed by atoms with Crippen LogP contribution in [0, 0.1) is 5.82 Å². The van der Waals surface area contributed by atoms with Crippen molar-refractivity contribution in [3.8, 4) is 0 Å². The number of carbonyl (C=O) groups is 1. The van der Waals surface area contributed by atoms with E-state index in [4.69, 9.17) is 4.74 Å². The van der Waals surface area contributed by atoms with Gasteiger partial charge in [-0.3, -0.25) is 4.79 Å². The van der Waals surface area contributed by atoms with Crippen molar-refractivity contribution < 1.29 is 13.9 Å². The van der Waals surface area contributed by atoms with Crippen LogP contribution in [-0.2, 0) is 16.6 Å². The zero-order valence-electron chi connectivity index (χ0n) is 11.3. The number of methoxy groups -OCH3 is 1. The Morgan fingerprint density at radius 3 is 2.70 bits per heavy atom. The zero-order chi connectivity index (χ0) is 14.5. The molecule has 1 unspecified atom stereocenters. The fraction of sp³-hybridized carbons (Fsp3) is 0.286. The van der Waals surface area contributed by atoms with Crippen LogP contribution in [0.5, 0.6) is 0 Å². The second-order valence-corrected chi connectivity index (χ2v) is 4.38. The highest BCUT2D eigenvalue weighted by Crippen LogP contribution is 2.20. The quantitative estimate of drug-likeness (QED) is 0.899. The molecule has 0 aliphatic rings. The summed E-state index contributed by atoms with van der Waals surface area (Å²) in [5, 5.41) is 2.83. The summed E-state index contributed by atoms with van der Waals surface area (Å²) in [6.07, 6.45) is 3.43. The molecular weight excluding hydrogens is 261 g/mol. The maximum atomic E-state index is 13.0. The van der Waals surface area contributed by atoms with Gasteiger partial charge in [0.25, 0.3) is 0 Å². The Labute approximate surface area is 116 Å². The molecule has 0 aliphatic carbocycles. The normalized spacial score (nSPS) is 12.2. The standard InChI is InChI=1S/C14H16FN3O2/c1-18-8-7-16-14(18)13(17-12(19)9-20-2)10-3-5-11(15)6-4-10/h3-8,13H,9H2,1-2H3,(H,17,19). The van der Waals surface area contributed by atoms with Gasteiger partial charge in [0, 0.05) is 26.6 Å². The van der Waals surface area contributed by atoms with Crippen LogP contribution < -0.4 is 5.32 Å². The van der Waals surface area contributed by atoms with E-state index in [1.54, 1.807) is 29.1 Å². The van der Waals surface area contributed by atoms with Crippen LogP contribution in [-0.4, -0.2) is 29.2 Å². The first-order valence-corrected chi connectivity index (χ1v) is 6.13. The van der Waals surface area contributed by atoms with Crippen molar-refractivity contribution in [2.45, 2.75) is 6.04 Å². The fourth-order valence-corrected chi connectivity index (χ4v) is 1.94. The van der Waals surface area contributed by atoms with Crippen LogP contribution in [0.3, 0.4) is 0 Å². The molecule has 0 fully saturated rings. The van der Waals surface area contributed by atoms with Crippen molar-refractivity contribution in [1.82, 2.24) is 14.9 Å². The lowest BCUT2D eigenvalue weighted by Gasteiger charge is -2.19. The second-order valence-electron chi connectivity index (χ2n) is 4.38. The van der Waals surface area contributed by atoms with Gasteiger partial charge in [-0.15, -0.1) is 0 Å². The summed E-state index contributed by atoms with van der Waals surface area (Å²) in [6.45, 7) is -0.0396. The molecule has 1 N–H and O–H groups in total. The minimum Gasteiger partial charge on any atom is -0.375 e. The lowest BCUT2D eigenvalue weighted by Crippen LogP contribution is -2.33. The lowest BCUT2D eigenvalue weighted by atomic mass is 10.1. The molecule has 0 radical (unpaired) electrons. The van der Waals surface area contributed by atoms with E-state index in [0.29, 0.717) is 5.82 Å². The van der Waals surface area contributed by atoms with Gasteiger partial charge in [-0.05, 0) is 17.7 Å². The van der Waals surface area contributed by atoms with Gasteiger partial charge in [0.2, 0.25) is 5.91 Å². The van der Waals surface area contributed by atoms with Gasteiger partial charge in [-0.2, -0.15) is 0 Å². The number of imidazole rings is 1. The predicted molar refractivity (Wildman–Crippen MR) is 71.5 cm³/mol. The maximum Gasteiger partial charge on any atom is 0.246 e. The van der Waals surface area contributed by atoms with Gasteiger partial charge >= 0.3 is 0 Å². The molecule has 1 atom stereocenters. The van der Waals surface area contributed by atoms with E-state index in [1.807, 2.05) is 7.05 Å². The van der Waals surface area contributed by atoms with Crippen molar-refractivity contribution >= 4 is 5.91 Å². The van der Waals surface area contributed by atoms with Crippen LogP contribution in [0.15, 0.2) is 36.7 Å². The first kappa shape index (κ1) is 14.2. The molecule has 1 amide bonds. The van der Waals surface area contributed by atoms with Crippen molar-refractivity contribution in [1.29, 1.82) is 0 Å². The van der Waals surface area contributed by atoms with Crippen LogP contribution in [0.2, 0.25) is 0 Å². The van der Waals surface area contributed by atoms with E-state index in [9.17, 15) is 9.18 Å². The number of amides is 1. The van der Waals surface area contributed by atoms with Gasteiger partial charge in [0.05, 0.1) is 0 Å². The number of nitrogens with one attached hydrogen (secondary N) is 1. The van der Waals surface area contributed by atoms with Crippen LogP contribution in [0.4, 0.5) is 4.39 Å². The van der Waals surface area contributed by atoms with E-state index in [2.05, 4.69) is 10.3 Å². The van der Waals surface area contributed by atoms with Gasteiger partial charge in [0.1, 0.15) is 24.3 Å². The molecule has 1 heterocycles.